The first-order valence-electron chi connectivity index (χ1n) is 6.55. The van der Waals surface area contributed by atoms with Gasteiger partial charge in [0.05, 0.1) is 5.69 Å². The van der Waals surface area contributed by atoms with Crippen LogP contribution in [0.25, 0.3) is 11.2 Å². The van der Waals surface area contributed by atoms with Crippen molar-refractivity contribution in [3.05, 3.63) is 10.5 Å². The molecule has 110 valence electrons. The molecule has 2 N–H and O–H groups in total. The van der Waals surface area contributed by atoms with Gasteiger partial charge in [-0.3, -0.25) is 9.25 Å². The van der Waals surface area contributed by atoms with Crippen LogP contribution in [-0.2, 0) is 20.0 Å². The van der Waals surface area contributed by atoms with Crippen molar-refractivity contribution in [3.63, 3.8) is 0 Å². The van der Waals surface area contributed by atoms with E-state index in [2.05, 4.69) is 22.3 Å². The molecule has 0 radical (unpaired) electrons. The van der Waals surface area contributed by atoms with Crippen molar-refractivity contribution >= 4 is 29.4 Å². The quantitative estimate of drug-likeness (QED) is 0.835. The van der Waals surface area contributed by atoms with Crippen LogP contribution < -0.4 is 5.32 Å². The van der Waals surface area contributed by atoms with Crippen LogP contribution in [0.1, 0.15) is 12.6 Å². The number of hydrogen-bond donors (Lipinski definition) is 2. The highest BCUT2D eigenvalue weighted by molar-refractivity contribution is 7.71. The lowest BCUT2D eigenvalue weighted by Gasteiger charge is -2.12. The fourth-order valence-corrected chi connectivity index (χ4v) is 2.45. The first kappa shape index (κ1) is 14.6. The Balaban J connectivity index is 2.22. The number of nitrogens with one attached hydrogen (secondary N) is 2. The highest BCUT2D eigenvalue weighted by Gasteiger charge is 2.14. The molecule has 0 aliphatic rings. The van der Waals surface area contributed by atoms with Gasteiger partial charge in [0.1, 0.15) is 5.52 Å². The van der Waals surface area contributed by atoms with E-state index in [9.17, 15) is 4.79 Å². The summed E-state index contributed by atoms with van der Waals surface area (Å²) in [5.41, 5.74) is 2.95. The lowest BCUT2D eigenvalue weighted by Crippen LogP contribution is -2.36. The molecule has 0 spiro atoms. The van der Waals surface area contributed by atoms with Gasteiger partial charge in [0.2, 0.25) is 0 Å². The minimum absolute atomic E-state index is 0.109. The normalized spacial score (nSPS) is 11.0. The molecule has 0 fully saturated rings. The molecule has 0 aromatic carbocycles. The minimum atomic E-state index is -0.109. The van der Waals surface area contributed by atoms with Crippen molar-refractivity contribution in [1.29, 1.82) is 0 Å². The molecule has 2 heterocycles. The Morgan fingerprint density at radius 3 is 2.80 bits per heavy atom. The second-order valence-electron chi connectivity index (χ2n) is 4.83. The van der Waals surface area contributed by atoms with Crippen LogP contribution in [0.5, 0.6) is 0 Å². The summed E-state index contributed by atoms with van der Waals surface area (Å²) in [6, 6.07) is -0.109. The molecule has 0 aliphatic carbocycles. The summed E-state index contributed by atoms with van der Waals surface area (Å²) >= 11 is 5.35. The number of rotatable bonds is 4. The van der Waals surface area contributed by atoms with Crippen LogP contribution in [0.4, 0.5) is 4.79 Å². The number of fused-ring (bicyclic) bond motifs is 1. The lowest BCUT2D eigenvalue weighted by atomic mass is 10.3. The van der Waals surface area contributed by atoms with Gasteiger partial charge in [-0.2, -0.15) is 5.10 Å². The maximum Gasteiger partial charge on any atom is 0.316 e. The lowest BCUT2D eigenvalue weighted by molar-refractivity contribution is 0.217. The van der Waals surface area contributed by atoms with Gasteiger partial charge in [0, 0.05) is 34.2 Å². The van der Waals surface area contributed by atoms with Crippen molar-refractivity contribution < 1.29 is 4.79 Å². The van der Waals surface area contributed by atoms with Gasteiger partial charge in [-0.25, -0.2) is 4.79 Å². The Morgan fingerprint density at radius 1 is 1.50 bits per heavy atom. The van der Waals surface area contributed by atoms with Crippen LogP contribution >= 0.6 is 12.2 Å². The number of carbonyl (C=O) groups is 1. The Hall–Kier alpha value is -1.83. The molecule has 2 rings (SSSR count). The zero-order valence-corrected chi connectivity index (χ0v) is 13.0. The van der Waals surface area contributed by atoms with Crippen molar-refractivity contribution in [1.82, 2.24) is 29.5 Å². The molecule has 0 bridgehead atoms. The number of amides is 2. The Kier molecular flexibility index (Phi) is 4.12. The van der Waals surface area contributed by atoms with E-state index in [0.29, 0.717) is 17.9 Å². The van der Waals surface area contributed by atoms with Gasteiger partial charge >= 0.3 is 6.03 Å². The van der Waals surface area contributed by atoms with E-state index in [1.54, 1.807) is 14.1 Å². The zero-order chi connectivity index (χ0) is 14.9. The van der Waals surface area contributed by atoms with Crippen LogP contribution in [0.15, 0.2) is 0 Å². The first-order chi connectivity index (χ1) is 9.45. The summed E-state index contributed by atoms with van der Waals surface area (Å²) in [5.74, 6) is 0. The summed E-state index contributed by atoms with van der Waals surface area (Å²) in [6.45, 7) is 3.19. The van der Waals surface area contributed by atoms with Crippen molar-refractivity contribution in [2.45, 2.75) is 19.9 Å². The largest absolute Gasteiger partial charge is 0.336 e. The number of aromatic amines is 1. The van der Waals surface area contributed by atoms with Crippen LogP contribution in [0.2, 0.25) is 0 Å². The number of H-pyrrole nitrogens is 1. The number of aromatic nitrogens is 4. The number of aryl methyl sites for hydroxylation is 2. The Labute approximate surface area is 122 Å². The first-order valence-corrected chi connectivity index (χ1v) is 6.96. The molecule has 0 saturated heterocycles. The van der Waals surface area contributed by atoms with Gasteiger partial charge < -0.3 is 15.2 Å². The molecule has 0 aliphatic heterocycles. The third kappa shape index (κ3) is 2.55. The predicted molar refractivity (Wildman–Crippen MR) is 80.4 cm³/mol. The summed E-state index contributed by atoms with van der Waals surface area (Å²) in [6.07, 6.45) is 0.851. The van der Waals surface area contributed by atoms with Crippen LogP contribution in [0.3, 0.4) is 0 Å². The van der Waals surface area contributed by atoms with E-state index in [0.717, 1.165) is 23.3 Å². The van der Waals surface area contributed by atoms with Gasteiger partial charge in [-0.1, -0.05) is 6.92 Å². The molecule has 2 aromatic rings. The van der Waals surface area contributed by atoms with Crippen molar-refractivity contribution in [3.8, 4) is 0 Å². The molecular formula is C12H20N6OS. The molecule has 0 unspecified atom stereocenters. The number of carbonyl (C=O) groups excluding carboxylic acids is 1. The maximum atomic E-state index is 11.5. The average Bonchev–Trinajstić information content (AvgIpc) is 2.87. The third-order valence-electron chi connectivity index (χ3n) is 3.17. The van der Waals surface area contributed by atoms with Gasteiger partial charge in [-0.05, 0) is 18.6 Å². The smallest absolute Gasteiger partial charge is 0.316 e. The number of urea groups is 1. The van der Waals surface area contributed by atoms with E-state index in [-0.39, 0.29) is 6.03 Å². The molecule has 0 atom stereocenters. The summed E-state index contributed by atoms with van der Waals surface area (Å²) in [5, 5.41) is 7.29. The van der Waals surface area contributed by atoms with Gasteiger partial charge in [0.25, 0.3) is 0 Å². The van der Waals surface area contributed by atoms with E-state index in [4.69, 9.17) is 12.2 Å². The molecule has 2 aromatic heterocycles. The summed E-state index contributed by atoms with van der Waals surface area (Å²) in [4.78, 5) is 16.2. The van der Waals surface area contributed by atoms with Crippen LogP contribution in [-0.4, -0.2) is 50.9 Å². The Bertz CT molecular complexity index is 680. The van der Waals surface area contributed by atoms with E-state index in [1.165, 1.54) is 4.90 Å². The fourth-order valence-electron chi connectivity index (χ4n) is 2.17. The SMILES string of the molecule is CCc1nn(C)c2c1[nH]c(=S)n2CCNC(=O)N(C)C. The minimum Gasteiger partial charge on any atom is -0.336 e. The zero-order valence-electron chi connectivity index (χ0n) is 12.2. The van der Waals surface area contributed by atoms with Gasteiger partial charge in [0.15, 0.2) is 10.4 Å². The van der Waals surface area contributed by atoms with Gasteiger partial charge in [-0.15, -0.1) is 0 Å². The fraction of sp³-hybridized carbons (Fsp3) is 0.583. The van der Waals surface area contributed by atoms with Crippen LogP contribution in [0, 0.1) is 4.77 Å². The summed E-state index contributed by atoms with van der Waals surface area (Å²) < 4.78 is 4.45. The predicted octanol–water partition coefficient (Wildman–Crippen LogP) is 1.27. The molecular weight excluding hydrogens is 276 g/mol. The van der Waals surface area contributed by atoms with Crippen molar-refractivity contribution in [2.24, 2.45) is 7.05 Å². The number of hydrogen-bond acceptors (Lipinski definition) is 3. The monoisotopic (exact) mass is 296 g/mol. The highest BCUT2D eigenvalue weighted by Crippen LogP contribution is 2.17. The topological polar surface area (TPSA) is 70.9 Å². The maximum absolute atomic E-state index is 11.5. The van der Waals surface area contributed by atoms with Crippen molar-refractivity contribution in [2.75, 3.05) is 20.6 Å². The second-order valence-corrected chi connectivity index (χ2v) is 5.22. The number of imidazole rings is 1. The van der Waals surface area contributed by atoms with E-state index >= 15 is 0 Å². The second kappa shape index (κ2) is 5.66. The average molecular weight is 296 g/mol. The molecule has 20 heavy (non-hydrogen) atoms. The Morgan fingerprint density at radius 2 is 2.20 bits per heavy atom. The molecule has 0 saturated carbocycles. The third-order valence-corrected chi connectivity index (χ3v) is 3.50. The molecule has 7 nitrogen and oxygen atoms in total. The van der Waals surface area contributed by atoms with E-state index < -0.39 is 0 Å². The molecule has 8 heteroatoms. The number of nitrogens with zero attached hydrogens (tertiary/aromatic N) is 4. The highest BCUT2D eigenvalue weighted by atomic mass is 32.1. The molecule has 2 amide bonds. The van der Waals surface area contributed by atoms with E-state index in [1.807, 2.05) is 16.3 Å². The summed E-state index contributed by atoms with van der Waals surface area (Å²) in [7, 11) is 5.33. The standard InChI is InChI=1S/C12H20N6OS/c1-5-8-9-10(17(4)15-8)18(12(20)14-9)7-6-13-11(19)16(2)3/h5-7H2,1-4H3,(H,13,19)(H,14,20).